The van der Waals surface area contributed by atoms with Crippen LogP contribution in [0.3, 0.4) is 0 Å². The molecule has 3 aromatic rings. The maximum atomic E-state index is 13.2. The maximum Gasteiger partial charge on any atom is 0.253 e. The molecule has 0 aliphatic carbocycles. The first-order valence-electron chi connectivity index (χ1n) is 12.6. The van der Waals surface area contributed by atoms with Crippen LogP contribution in [0.2, 0.25) is 0 Å². The molecule has 9 heteroatoms. The number of piperazine rings is 2. The summed E-state index contributed by atoms with van der Waals surface area (Å²) in [6.07, 6.45) is 0. The van der Waals surface area contributed by atoms with Crippen LogP contribution in [0.5, 0.6) is 0 Å². The predicted molar refractivity (Wildman–Crippen MR) is 141 cm³/mol. The van der Waals surface area contributed by atoms with Gasteiger partial charge in [-0.3, -0.25) is 9.69 Å². The fourth-order valence-corrected chi connectivity index (χ4v) is 6.33. The van der Waals surface area contributed by atoms with Crippen LogP contribution in [0, 0.1) is 5.82 Å². The van der Waals surface area contributed by atoms with Crippen molar-refractivity contribution in [1.82, 2.24) is 14.1 Å². The summed E-state index contributed by atoms with van der Waals surface area (Å²) in [7, 11) is -3.46. The van der Waals surface area contributed by atoms with E-state index in [1.54, 1.807) is 40.7 Å². The van der Waals surface area contributed by atoms with E-state index in [1.165, 1.54) is 12.1 Å². The van der Waals surface area contributed by atoms with Crippen molar-refractivity contribution in [2.45, 2.75) is 11.4 Å². The van der Waals surface area contributed by atoms with Crippen molar-refractivity contribution in [3.05, 3.63) is 95.8 Å². The molecule has 0 unspecified atom stereocenters. The Morgan fingerprint density at radius 3 is 1.97 bits per heavy atom. The minimum Gasteiger partial charge on any atom is -0.368 e. The van der Waals surface area contributed by atoms with Gasteiger partial charge in [0.05, 0.1) is 4.90 Å². The molecule has 2 fully saturated rings. The van der Waals surface area contributed by atoms with Gasteiger partial charge in [0.25, 0.3) is 5.91 Å². The van der Waals surface area contributed by atoms with E-state index < -0.39 is 10.0 Å². The standard InChI is InChI=1S/C28H31FN4O3S/c29-25-10-12-26(13-11-25)31-16-18-32(19-17-31)28(34)24-8-6-23(7-9-24)22-30-14-20-33(21-15-30)37(35,36)27-4-2-1-3-5-27/h1-13H,14-22H2. The summed E-state index contributed by atoms with van der Waals surface area (Å²) in [4.78, 5) is 19.6. The third-order valence-corrected chi connectivity index (χ3v) is 8.99. The second-order valence-electron chi connectivity index (χ2n) is 9.45. The lowest BCUT2D eigenvalue weighted by Gasteiger charge is -2.36. The number of sulfonamides is 1. The highest BCUT2D eigenvalue weighted by Gasteiger charge is 2.28. The normalized spacial score (nSPS) is 17.6. The van der Waals surface area contributed by atoms with Crippen molar-refractivity contribution in [1.29, 1.82) is 0 Å². The van der Waals surface area contributed by atoms with Crippen LogP contribution in [-0.4, -0.2) is 80.8 Å². The predicted octanol–water partition coefficient (Wildman–Crippen LogP) is 3.29. The Labute approximate surface area is 217 Å². The number of anilines is 1. The summed E-state index contributed by atoms with van der Waals surface area (Å²) in [5, 5.41) is 0. The van der Waals surface area contributed by atoms with Gasteiger partial charge >= 0.3 is 0 Å². The molecule has 2 aliphatic rings. The fourth-order valence-electron chi connectivity index (χ4n) is 4.88. The Bertz CT molecular complexity index is 1300. The second kappa shape index (κ2) is 11.0. The van der Waals surface area contributed by atoms with Crippen molar-refractivity contribution in [2.24, 2.45) is 0 Å². The highest BCUT2D eigenvalue weighted by molar-refractivity contribution is 7.89. The van der Waals surface area contributed by atoms with Gasteiger partial charge in [-0.25, -0.2) is 12.8 Å². The lowest BCUT2D eigenvalue weighted by Crippen LogP contribution is -2.48. The minimum atomic E-state index is -3.46. The van der Waals surface area contributed by atoms with Gasteiger partial charge in [-0.15, -0.1) is 0 Å². The number of nitrogens with zero attached hydrogens (tertiary/aromatic N) is 4. The van der Waals surface area contributed by atoms with Gasteiger partial charge in [-0.05, 0) is 54.1 Å². The molecule has 0 aromatic heterocycles. The van der Waals surface area contributed by atoms with E-state index in [0.717, 1.165) is 11.3 Å². The fraction of sp³-hybridized carbons (Fsp3) is 0.321. The lowest BCUT2D eigenvalue weighted by molar-refractivity contribution is 0.0746. The van der Waals surface area contributed by atoms with E-state index in [-0.39, 0.29) is 11.7 Å². The number of carbonyl (C=O) groups excluding carboxylic acids is 1. The molecule has 0 spiro atoms. The van der Waals surface area contributed by atoms with Crippen molar-refractivity contribution in [2.75, 3.05) is 57.3 Å². The number of rotatable bonds is 6. The first-order chi connectivity index (χ1) is 17.9. The van der Waals surface area contributed by atoms with E-state index in [9.17, 15) is 17.6 Å². The van der Waals surface area contributed by atoms with E-state index >= 15 is 0 Å². The molecule has 2 heterocycles. The molecule has 7 nitrogen and oxygen atoms in total. The molecule has 0 saturated carbocycles. The SMILES string of the molecule is O=C(c1ccc(CN2CCN(S(=O)(=O)c3ccccc3)CC2)cc1)N1CCN(c2ccc(F)cc2)CC1. The molecule has 5 rings (SSSR count). The van der Waals surface area contributed by atoms with Gasteiger partial charge in [-0.1, -0.05) is 30.3 Å². The molecule has 2 saturated heterocycles. The minimum absolute atomic E-state index is 0.0186. The molecule has 3 aromatic carbocycles. The smallest absolute Gasteiger partial charge is 0.253 e. The average Bonchev–Trinajstić information content (AvgIpc) is 2.94. The average molecular weight is 523 g/mol. The molecule has 2 aliphatic heterocycles. The molecule has 0 N–H and O–H groups in total. The van der Waals surface area contributed by atoms with E-state index in [0.29, 0.717) is 69.4 Å². The highest BCUT2D eigenvalue weighted by atomic mass is 32.2. The monoisotopic (exact) mass is 522 g/mol. The summed E-state index contributed by atoms with van der Waals surface area (Å²) in [6.45, 7) is 5.60. The summed E-state index contributed by atoms with van der Waals surface area (Å²) < 4.78 is 40.4. The molecule has 37 heavy (non-hydrogen) atoms. The zero-order chi connectivity index (χ0) is 25.8. The largest absolute Gasteiger partial charge is 0.368 e. The van der Waals surface area contributed by atoms with Crippen molar-refractivity contribution < 1.29 is 17.6 Å². The maximum absolute atomic E-state index is 13.2. The van der Waals surface area contributed by atoms with Crippen molar-refractivity contribution in [3.8, 4) is 0 Å². The molecule has 0 radical (unpaired) electrons. The zero-order valence-corrected chi connectivity index (χ0v) is 21.5. The van der Waals surface area contributed by atoms with Gasteiger partial charge in [0.15, 0.2) is 0 Å². The van der Waals surface area contributed by atoms with E-state index in [2.05, 4.69) is 9.80 Å². The third-order valence-electron chi connectivity index (χ3n) is 7.08. The van der Waals surface area contributed by atoms with Gasteiger partial charge < -0.3 is 9.80 Å². The second-order valence-corrected chi connectivity index (χ2v) is 11.4. The van der Waals surface area contributed by atoms with Crippen LogP contribution in [0.4, 0.5) is 10.1 Å². The van der Waals surface area contributed by atoms with Gasteiger partial charge in [0, 0.05) is 70.2 Å². The molecular weight excluding hydrogens is 491 g/mol. The van der Waals surface area contributed by atoms with Crippen LogP contribution in [-0.2, 0) is 16.6 Å². The molecular formula is C28H31FN4O3S. The van der Waals surface area contributed by atoms with Gasteiger partial charge in [0.2, 0.25) is 10.0 Å². The highest BCUT2D eigenvalue weighted by Crippen LogP contribution is 2.20. The van der Waals surface area contributed by atoms with Crippen LogP contribution in [0.1, 0.15) is 15.9 Å². The Morgan fingerprint density at radius 1 is 0.730 bits per heavy atom. The number of amides is 1. The van der Waals surface area contributed by atoms with Crippen LogP contribution < -0.4 is 4.90 Å². The van der Waals surface area contributed by atoms with Crippen LogP contribution >= 0.6 is 0 Å². The number of carbonyl (C=O) groups is 1. The Morgan fingerprint density at radius 2 is 1.35 bits per heavy atom. The quantitative estimate of drug-likeness (QED) is 0.497. The molecule has 194 valence electrons. The molecule has 1 amide bonds. The lowest BCUT2D eigenvalue weighted by atomic mass is 10.1. The number of halogens is 1. The van der Waals surface area contributed by atoms with E-state index in [1.807, 2.05) is 35.2 Å². The van der Waals surface area contributed by atoms with Crippen molar-refractivity contribution in [3.63, 3.8) is 0 Å². The Hall–Kier alpha value is -3.27. The molecule has 0 bridgehead atoms. The first kappa shape index (κ1) is 25.4. The third kappa shape index (κ3) is 5.84. The Kier molecular flexibility index (Phi) is 7.55. The van der Waals surface area contributed by atoms with Gasteiger partial charge in [0.1, 0.15) is 5.82 Å². The summed E-state index contributed by atoms with van der Waals surface area (Å²) >= 11 is 0. The number of benzene rings is 3. The molecule has 0 atom stereocenters. The van der Waals surface area contributed by atoms with Crippen molar-refractivity contribution >= 4 is 21.6 Å². The summed E-state index contributed by atoms with van der Waals surface area (Å²) in [5.74, 6) is -0.232. The number of hydrogen-bond donors (Lipinski definition) is 0. The Balaban J connectivity index is 1.11. The van der Waals surface area contributed by atoms with Gasteiger partial charge in [-0.2, -0.15) is 4.31 Å². The number of hydrogen-bond acceptors (Lipinski definition) is 5. The topological polar surface area (TPSA) is 64.2 Å². The summed E-state index contributed by atoms with van der Waals surface area (Å²) in [6, 6.07) is 22.7. The first-order valence-corrected chi connectivity index (χ1v) is 14.0. The van der Waals surface area contributed by atoms with Crippen LogP contribution in [0.25, 0.3) is 0 Å². The zero-order valence-electron chi connectivity index (χ0n) is 20.7. The summed E-state index contributed by atoms with van der Waals surface area (Å²) in [5.41, 5.74) is 2.73. The van der Waals surface area contributed by atoms with Crippen LogP contribution in [0.15, 0.2) is 83.8 Å². The van der Waals surface area contributed by atoms with E-state index in [4.69, 9.17) is 0 Å².